The van der Waals surface area contributed by atoms with E-state index >= 15 is 0 Å². The Kier molecular flexibility index (Phi) is 4.40. The minimum atomic E-state index is 0.0960. The summed E-state index contributed by atoms with van der Waals surface area (Å²) in [6.07, 6.45) is 6.03. The van der Waals surface area contributed by atoms with Crippen molar-refractivity contribution in [3.05, 3.63) is 23.7 Å². The number of furan rings is 1. The zero-order chi connectivity index (χ0) is 14.0. The SMILES string of the molecule is CCc1occc1C(NN)C1CCOC2(CCSC2)C1. The molecule has 3 rings (SSSR count). The van der Waals surface area contributed by atoms with Gasteiger partial charge in [0.05, 0.1) is 17.9 Å². The molecule has 0 saturated carbocycles. The topological polar surface area (TPSA) is 60.4 Å². The average molecular weight is 296 g/mol. The number of hydrazine groups is 1. The highest BCUT2D eigenvalue weighted by molar-refractivity contribution is 7.99. The Morgan fingerprint density at radius 1 is 1.60 bits per heavy atom. The van der Waals surface area contributed by atoms with Gasteiger partial charge in [-0.3, -0.25) is 11.3 Å². The standard InChI is InChI=1S/C15H24N2O2S/c1-2-13-12(4-6-18-13)14(17-16)11-3-7-19-15(9-11)5-8-20-10-15/h4,6,11,14,17H,2-3,5,7-10,16H2,1H3. The van der Waals surface area contributed by atoms with E-state index in [0.29, 0.717) is 5.92 Å². The molecule has 20 heavy (non-hydrogen) atoms. The van der Waals surface area contributed by atoms with Crippen molar-refractivity contribution >= 4 is 11.8 Å². The Bertz CT molecular complexity index is 443. The van der Waals surface area contributed by atoms with E-state index in [1.807, 2.05) is 11.8 Å². The van der Waals surface area contributed by atoms with Gasteiger partial charge < -0.3 is 9.15 Å². The van der Waals surface area contributed by atoms with Gasteiger partial charge in [0.2, 0.25) is 0 Å². The molecule has 2 fully saturated rings. The highest BCUT2D eigenvalue weighted by Crippen LogP contribution is 2.44. The summed E-state index contributed by atoms with van der Waals surface area (Å²) >= 11 is 2.01. The monoisotopic (exact) mass is 296 g/mol. The first kappa shape index (κ1) is 14.4. The first-order valence-electron chi connectivity index (χ1n) is 7.52. The number of nitrogens with two attached hydrogens (primary N) is 1. The zero-order valence-electron chi connectivity index (χ0n) is 12.1. The highest BCUT2D eigenvalue weighted by atomic mass is 32.2. The molecule has 2 aliphatic rings. The fourth-order valence-electron chi connectivity index (χ4n) is 3.61. The maximum Gasteiger partial charge on any atom is 0.108 e. The summed E-state index contributed by atoms with van der Waals surface area (Å²) in [5.41, 5.74) is 4.35. The number of hydrogen-bond acceptors (Lipinski definition) is 5. The van der Waals surface area contributed by atoms with Crippen molar-refractivity contribution in [1.82, 2.24) is 5.43 Å². The van der Waals surface area contributed by atoms with Crippen molar-refractivity contribution in [3.63, 3.8) is 0 Å². The second kappa shape index (κ2) is 6.10. The molecule has 1 aromatic rings. The van der Waals surface area contributed by atoms with Crippen LogP contribution in [0.4, 0.5) is 0 Å². The molecule has 0 aliphatic carbocycles. The zero-order valence-corrected chi connectivity index (χ0v) is 12.9. The molecule has 1 aromatic heterocycles. The molecule has 4 nitrogen and oxygen atoms in total. The third kappa shape index (κ3) is 2.64. The van der Waals surface area contributed by atoms with E-state index in [1.165, 1.54) is 17.7 Å². The molecule has 0 aromatic carbocycles. The van der Waals surface area contributed by atoms with Crippen LogP contribution in [0.15, 0.2) is 16.7 Å². The molecule has 3 atom stereocenters. The van der Waals surface area contributed by atoms with Gasteiger partial charge in [0.25, 0.3) is 0 Å². The number of hydrogen-bond donors (Lipinski definition) is 2. The van der Waals surface area contributed by atoms with Gasteiger partial charge in [-0.05, 0) is 37.0 Å². The van der Waals surface area contributed by atoms with Gasteiger partial charge in [-0.15, -0.1) is 0 Å². The van der Waals surface area contributed by atoms with Crippen molar-refractivity contribution < 1.29 is 9.15 Å². The smallest absolute Gasteiger partial charge is 0.108 e. The van der Waals surface area contributed by atoms with Crippen LogP contribution in [0.25, 0.3) is 0 Å². The Hall–Kier alpha value is -0.490. The fourth-order valence-corrected chi connectivity index (χ4v) is 4.99. The summed E-state index contributed by atoms with van der Waals surface area (Å²) in [5.74, 6) is 9.79. The van der Waals surface area contributed by atoms with E-state index in [-0.39, 0.29) is 11.6 Å². The van der Waals surface area contributed by atoms with E-state index in [4.69, 9.17) is 15.0 Å². The van der Waals surface area contributed by atoms with E-state index < -0.39 is 0 Å². The average Bonchev–Trinajstić information content (AvgIpc) is 3.10. The first-order valence-corrected chi connectivity index (χ1v) is 8.67. The maximum absolute atomic E-state index is 6.11. The molecule has 1 spiro atoms. The van der Waals surface area contributed by atoms with Gasteiger partial charge in [0.15, 0.2) is 0 Å². The van der Waals surface area contributed by atoms with Crippen molar-refractivity contribution in [2.45, 2.75) is 44.2 Å². The molecule has 112 valence electrons. The van der Waals surface area contributed by atoms with E-state index in [1.54, 1.807) is 6.26 Å². The van der Waals surface area contributed by atoms with Gasteiger partial charge in [0, 0.05) is 24.3 Å². The Morgan fingerprint density at radius 3 is 3.20 bits per heavy atom. The Balaban J connectivity index is 1.78. The van der Waals surface area contributed by atoms with E-state index in [9.17, 15) is 0 Å². The summed E-state index contributed by atoms with van der Waals surface area (Å²) in [6.45, 7) is 2.97. The number of ether oxygens (including phenoxy) is 1. The quantitative estimate of drug-likeness (QED) is 0.661. The predicted octanol–water partition coefficient (Wildman–Crippen LogP) is 2.65. The molecule has 2 saturated heterocycles. The number of thioether (sulfide) groups is 1. The third-order valence-electron chi connectivity index (χ3n) is 4.69. The number of rotatable bonds is 4. The third-order valence-corrected chi connectivity index (χ3v) is 5.91. The molecular formula is C15H24N2O2S. The second-order valence-electron chi connectivity index (χ2n) is 5.88. The van der Waals surface area contributed by atoms with Gasteiger partial charge in [-0.2, -0.15) is 11.8 Å². The molecule has 2 aliphatic heterocycles. The molecule has 0 radical (unpaired) electrons. The summed E-state index contributed by atoms with van der Waals surface area (Å²) in [4.78, 5) is 0. The number of nitrogens with one attached hydrogen (secondary N) is 1. The lowest BCUT2D eigenvalue weighted by molar-refractivity contribution is -0.0855. The summed E-state index contributed by atoms with van der Waals surface area (Å²) < 4.78 is 11.7. The second-order valence-corrected chi connectivity index (χ2v) is 6.99. The normalized spacial score (nSPS) is 31.8. The molecule has 3 heterocycles. The van der Waals surface area contributed by atoms with Gasteiger partial charge in [0.1, 0.15) is 5.76 Å². The summed E-state index contributed by atoms with van der Waals surface area (Å²) in [7, 11) is 0. The molecule has 3 unspecified atom stereocenters. The Labute approximate surface area is 124 Å². The predicted molar refractivity (Wildman–Crippen MR) is 81.5 cm³/mol. The first-order chi connectivity index (χ1) is 9.78. The van der Waals surface area contributed by atoms with Crippen molar-refractivity contribution in [1.29, 1.82) is 0 Å². The van der Waals surface area contributed by atoms with Crippen LogP contribution in [0.3, 0.4) is 0 Å². The maximum atomic E-state index is 6.11. The van der Waals surface area contributed by atoms with Crippen LogP contribution >= 0.6 is 11.8 Å². The van der Waals surface area contributed by atoms with Crippen LogP contribution in [0.5, 0.6) is 0 Å². The van der Waals surface area contributed by atoms with Crippen molar-refractivity contribution in [2.24, 2.45) is 11.8 Å². The van der Waals surface area contributed by atoms with Gasteiger partial charge >= 0.3 is 0 Å². The van der Waals surface area contributed by atoms with E-state index in [2.05, 4.69) is 18.4 Å². The van der Waals surface area contributed by atoms with Crippen LogP contribution in [0.2, 0.25) is 0 Å². The summed E-state index contributed by atoms with van der Waals surface area (Å²) in [6, 6.07) is 2.24. The lowest BCUT2D eigenvalue weighted by Gasteiger charge is -2.40. The summed E-state index contributed by atoms with van der Waals surface area (Å²) in [5, 5.41) is 0. The lowest BCUT2D eigenvalue weighted by atomic mass is 9.79. The van der Waals surface area contributed by atoms with E-state index in [0.717, 1.165) is 37.4 Å². The van der Waals surface area contributed by atoms with Crippen LogP contribution in [-0.2, 0) is 11.2 Å². The minimum Gasteiger partial charge on any atom is -0.469 e. The molecule has 0 bridgehead atoms. The fraction of sp³-hybridized carbons (Fsp3) is 0.733. The lowest BCUT2D eigenvalue weighted by Crippen LogP contribution is -2.45. The van der Waals surface area contributed by atoms with Crippen LogP contribution in [0.1, 0.15) is 43.6 Å². The van der Waals surface area contributed by atoms with Crippen LogP contribution in [0, 0.1) is 5.92 Å². The highest BCUT2D eigenvalue weighted by Gasteiger charge is 2.43. The molecule has 5 heteroatoms. The van der Waals surface area contributed by atoms with Crippen LogP contribution < -0.4 is 11.3 Å². The van der Waals surface area contributed by atoms with Gasteiger partial charge in [-0.1, -0.05) is 6.92 Å². The molecule has 0 amide bonds. The van der Waals surface area contributed by atoms with Gasteiger partial charge in [-0.25, -0.2) is 0 Å². The van der Waals surface area contributed by atoms with Crippen molar-refractivity contribution in [2.75, 3.05) is 18.1 Å². The Morgan fingerprint density at radius 2 is 2.50 bits per heavy atom. The molecule has 3 N–H and O–H groups in total. The largest absolute Gasteiger partial charge is 0.469 e. The van der Waals surface area contributed by atoms with Crippen LogP contribution in [-0.4, -0.2) is 23.7 Å². The van der Waals surface area contributed by atoms with Crippen molar-refractivity contribution in [3.8, 4) is 0 Å². The number of aryl methyl sites for hydroxylation is 1. The molecular weight excluding hydrogens is 272 g/mol. The minimum absolute atomic E-state index is 0.0960.